The molecule has 2 aromatic heterocycles. The molecule has 3 N–H and O–H groups in total. The number of ether oxygens (including phenoxy) is 2. The molecule has 2 unspecified atom stereocenters. The fraction of sp³-hybridized carbons (Fsp3) is 0.478. The Labute approximate surface area is 236 Å². The van der Waals surface area contributed by atoms with Crippen LogP contribution in [0.25, 0.3) is 21.6 Å². The number of para-hydroxylation sites is 1. The summed E-state index contributed by atoms with van der Waals surface area (Å²) >= 11 is 0. The Kier molecular flexibility index (Phi) is 8.68. The normalized spacial score (nSPS) is 23.7. The summed E-state index contributed by atoms with van der Waals surface area (Å²) in [5, 5.41) is 16.3. The molecule has 226 valence electrons. The fourth-order valence-corrected chi connectivity index (χ4v) is 5.54. The van der Waals surface area contributed by atoms with Crippen LogP contribution in [0.15, 0.2) is 46.6 Å². The maximum absolute atomic E-state index is 15.6. The first-order valence-corrected chi connectivity index (χ1v) is 14.0. The molecule has 3 aromatic rings. The molecule has 3 heterocycles. The Hall–Kier alpha value is -3.92. The van der Waals surface area contributed by atoms with E-state index >= 15 is 8.78 Å². The van der Waals surface area contributed by atoms with E-state index in [0.717, 1.165) is 6.33 Å². The van der Waals surface area contributed by atoms with Crippen LogP contribution in [0.2, 0.25) is 0 Å². The van der Waals surface area contributed by atoms with Crippen molar-refractivity contribution in [2.75, 3.05) is 6.61 Å². The first-order chi connectivity index (χ1) is 19.7. The second-order valence-electron chi connectivity index (χ2n) is 9.57. The summed E-state index contributed by atoms with van der Waals surface area (Å²) in [6.07, 6.45) is -4.93. The highest BCUT2D eigenvalue weighted by atomic mass is 31.2. The molecule has 1 aromatic carbocycles. The minimum Gasteiger partial charge on any atom is -0.462 e. The van der Waals surface area contributed by atoms with Crippen molar-refractivity contribution in [3.8, 4) is 5.75 Å². The summed E-state index contributed by atoms with van der Waals surface area (Å²) in [4.78, 5) is 37.3. The smallest absolute Gasteiger partial charge is 0.459 e. The van der Waals surface area contributed by atoms with Gasteiger partial charge in [0.15, 0.2) is 17.3 Å². The molecule has 1 fully saturated rings. The molecule has 0 bridgehead atoms. The van der Waals surface area contributed by atoms with Gasteiger partial charge in [0, 0.05) is 4.91 Å². The number of fused-ring (bicyclic) bond motifs is 1. The van der Waals surface area contributed by atoms with E-state index in [4.69, 9.17) is 18.5 Å². The number of halogens is 2. The molecular weight excluding hydrogens is 585 g/mol. The minimum absolute atomic E-state index is 0.00300. The predicted molar refractivity (Wildman–Crippen MR) is 140 cm³/mol. The van der Waals surface area contributed by atoms with Crippen LogP contribution in [0, 0.1) is 6.92 Å². The number of hydrogen-bond donors (Lipinski definition) is 3. The van der Waals surface area contributed by atoms with Gasteiger partial charge in [-0.2, -0.15) is 13.9 Å². The van der Waals surface area contributed by atoms with Gasteiger partial charge < -0.3 is 24.1 Å². The van der Waals surface area contributed by atoms with E-state index in [2.05, 4.69) is 30.1 Å². The number of aromatic nitrogens is 4. The zero-order chi connectivity index (χ0) is 30.9. The highest BCUT2D eigenvalue weighted by molar-refractivity contribution is 7.52. The molecule has 19 heteroatoms. The molecule has 0 saturated carbocycles. The maximum Gasteiger partial charge on any atom is 0.459 e. The van der Waals surface area contributed by atoms with Crippen LogP contribution in [0.4, 0.5) is 8.78 Å². The zero-order valence-corrected chi connectivity index (χ0v) is 23.6. The van der Waals surface area contributed by atoms with E-state index in [0.29, 0.717) is 4.57 Å². The predicted octanol–water partition coefficient (Wildman–Crippen LogP) is 3.09. The average molecular weight is 612 g/mol. The molecule has 42 heavy (non-hydrogen) atoms. The van der Waals surface area contributed by atoms with Crippen LogP contribution < -0.4 is 15.2 Å². The molecule has 0 aliphatic carbocycles. The molecule has 1 saturated heterocycles. The molecule has 0 spiro atoms. The van der Waals surface area contributed by atoms with Crippen molar-refractivity contribution in [3.63, 3.8) is 0 Å². The Morgan fingerprint density at radius 2 is 2.05 bits per heavy atom. The van der Waals surface area contributed by atoms with E-state index < -0.39 is 62.0 Å². The van der Waals surface area contributed by atoms with Gasteiger partial charge in [-0.25, -0.2) is 14.5 Å². The fourth-order valence-electron chi connectivity index (χ4n) is 4.03. The molecular formula is C23H27F2N8O8P. The van der Waals surface area contributed by atoms with E-state index in [1.54, 1.807) is 32.0 Å². The maximum atomic E-state index is 15.6. The van der Waals surface area contributed by atoms with E-state index in [1.807, 2.05) is 0 Å². The summed E-state index contributed by atoms with van der Waals surface area (Å²) in [7, 11) is -4.66. The van der Waals surface area contributed by atoms with Crippen molar-refractivity contribution in [2.45, 2.75) is 63.8 Å². The lowest BCUT2D eigenvalue weighted by atomic mass is 10.1. The number of nitrogens with one attached hydrogen (secondary N) is 2. The number of aliphatic hydroxyl groups excluding tert-OH is 1. The monoisotopic (exact) mass is 612 g/mol. The van der Waals surface area contributed by atoms with Crippen molar-refractivity contribution in [2.24, 2.45) is 5.11 Å². The highest BCUT2D eigenvalue weighted by Crippen LogP contribution is 2.52. The summed E-state index contributed by atoms with van der Waals surface area (Å²) < 4.78 is 67.0. The van der Waals surface area contributed by atoms with Crippen LogP contribution >= 0.6 is 7.75 Å². The van der Waals surface area contributed by atoms with Crippen LogP contribution in [0.1, 0.15) is 32.8 Å². The lowest BCUT2D eigenvalue weighted by molar-refractivity contribution is -0.149. The van der Waals surface area contributed by atoms with E-state index in [9.17, 15) is 24.8 Å². The first-order valence-electron chi connectivity index (χ1n) is 12.4. The van der Waals surface area contributed by atoms with Crippen molar-refractivity contribution in [1.82, 2.24) is 24.6 Å². The molecule has 16 nitrogen and oxygen atoms in total. The molecule has 4 rings (SSSR count). The van der Waals surface area contributed by atoms with Crippen molar-refractivity contribution >= 4 is 24.9 Å². The third-order valence-electron chi connectivity index (χ3n) is 5.92. The van der Waals surface area contributed by atoms with Gasteiger partial charge in [-0.1, -0.05) is 23.3 Å². The standard InChI is InChI=1S/C23H27F2N8O8P/c1-12(2)39-19(35)13(3)30-42(37,41-15-8-6-5-7-9-15)38-10-22(31-32-26)20(36)23(24,25)21(40-22)33-11-27-16-17(33)28-14(4)29-18(16)34/h5-9,11-13,20-21,36H,10H2,1-4H3,(H,30,37)(H,28,29,34)/t13?,20-,21-,22-,42?/m1/s1. The number of benzene rings is 1. The minimum atomic E-state index is -4.66. The quantitative estimate of drug-likeness (QED) is 0.0940. The third kappa shape index (κ3) is 6.13. The molecule has 5 atom stereocenters. The Balaban J connectivity index is 1.68. The van der Waals surface area contributed by atoms with Crippen LogP contribution in [-0.4, -0.2) is 67.1 Å². The number of carbonyl (C=O) groups excluding carboxylic acids is 1. The number of esters is 1. The molecule has 0 amide bonds. The highest BCUT2D eigenvalue weighted by Gasteiger charge is 2.68. The van der Waals surface area contributed by atoms with Gasteiger partial charge in [0.2, 0.25) is 12.0 Å². The van der Waals surface area contributed by atoms with Crippen molar-refractivity contribution in [3.05, 3.63) is 63.3 Å². The summed E-state index contributed by atoms with van der Waals surface area (Å²) in [6.45, 7) is 4.65. The van der Waals surface area contributed by atoms with E-state index in [-0.39, 0.29) is 22.7 Å². The SMILES string of the molecule is Cc1nc2c(ncn2[C@@H]2O[C@@](COP(=O)(NC(C)C(=O)OC(C)C)Oc3ccccc3)(N=[N+]=[N-])[C@@H](O)C2(F)F)c(=O)[nH]1. The number of azide groups is 1. The van der Waals surface area contributed by atoms with Crippen LogP contribution in [0.3, 0.4) is 0 Å². The Morgan fingerprint density at radius 3 is 2.69 bits per heavy atom. The number of nitrogens with zero attached hydrogens (tertiary/aromatic N) is 6. The second-order valence-corrected chi connectivity index (χ2v) is 11.3. The van der Waals surface area contributed by atoms with Crippen molar-refractivity contribution in [1.29, 1.82) is 0 Å². The number of aromatic amines is 1. The largest absolute Gasteiger partial charge is 0.462 e. The molecule has 1 aliphatic rings. The van der Waals surface area contributed by atoms with Gasteiger partial charge in [-0.3, -0.25) is 18.7 Å². The number of alkyl halides is 2. The van der Waals surface area contributed by atoms with Crippen LogP contribution in [0.5, 0.6) is 5.75 Å². The van der Waals surface area contributed by atoms with Gasteiger partial charge in [-0.05, 0) is 45.4 Å². The average Bonchev–Trinajstić information content (AvgIpc) is 3.41. The zero-order valence-electron chi connectivity index (χ0n) is 22.7. The number of rotatable bonds is 11. The summed E-state index contributed by atoms with van der Waals surface area (Å²) in [5.41, 5.74) is 5.04. The van der Waals surface area contributed by atoms with Gasteiger partial charge in [0.25, 0.3) is 5.56 Å². The van der Waals surface area contributed by atoms with Gasteiger partial charge in [0.05, 0.1) is 19.0 Å². The summed E-state index contributed by atoms with van der Waals surface area (Å²) in [6, 6.07) is 6.26. The Morgan fingerprint density at radius 1 is 1.36 bits per heavy atom. The third-order valence-corrected chi connectivity index (χ3v) is 7.55. The van der Waals surface area contributed by atoms with Gasteiger partial charge >= 0.3 is 19.6 Å². The number of aryl methyl sites for hydroxylation is 1. The number of H-pyrrole nitrogens is 1. The van der Waals surface area contributed by atoms with Gasteiger partial charge in [-0.15, -0.1) is 0 Å². The van der Waals surface area contributed by atoms with Crippen LogP contribution in [-0.2, 0) is 23.4 Å². The second kappa shape index (κ2) is 11.8. The lowest BCUT2D eigenvalue weighted by Gasteiger charge is -2.29. The number of hydrogen-bond acceptors (Lipinski definition) is 11. The van der Waals surface area contributed by atoms with E-state index in [1.165, 1.54) is 26.0 Å². The number of carbonyl (C=O) groups is 1. The van der Waals surface area contributed by atoms with Crippen molar-refractivity contribution < 1.29 is 41.8 Å². The number of imidazole rings is 1. The molecule has 0 radical (unpaired) electrons. The summed E-state index contributed by atoms with van der Waals surface area (Å²) in [5.74, 6) is -4.93. The lowest BCUT2D eigenvalue weighted by Crippen LogP contribution is -2.48. The molecule has 1 aliphatic heterocycles. The Bertz CT molecular complexity index is 1610. The van der Waals surface area contributed by atoms with Gasteiger partial charge in [0.1, 0.15) is 17.6 Å². The topological polar surface area (TPSA) is 216 Å². The first kappa shape index (κ1) is 31.0. The number of aliphatic hydroxyl groups is 1.